The second-order valence-electron chi connectivity index (χ2n) is 4.23. The van der Waals surface area contributed by atoms with Crippen LogP contribution in [-0.2, 0) is 6.42 Å². The lowest BCUT2D eigenvalue weighted by Crippen LogP contribution is -2.08. The van der Waals surface area contributed by atoms with Crippen LogP contribution in [0, 0.1) is 3.57 Å². The Hall–Kier alpha value is -0.390. The second kappa shape index (κ2) is 6.68. The van der Waals surface area contributed by atoms with Crippen molar-refractivity contribution in [2.24, 2.45) is 0 Å². The zero-order chi connectivity index (χ0) is 13.0. The van der Waals surface area contributed by atoms with Gasteiger partial charge < -0.3 is 5.11 Å². The highest BCUT2D eigenvalue weighted by atomic mass is 127. The van der Waals surface area contributed by atoms with Crippen molar-refractivity contribution < 1.29 is 5.11 Å². The largest absolute Gasteiger partial charge is 0.396 e. The summed E-state index contributed by atoms with van der Waals surface area (Å²) in [6.45, 7) is 0.161. The Labute approximate surface area is 130 Å². The van der Waals surface area contributed by atoms with Crippen LogP contribution in [0.5, 0.6) is 0 Å². The number of hydrogen-bond donors (Lipinski definition) is 1. The Morgan fingerprint density at radius 3 is 2.33 bits per heavy atom. The molecule has 2 rings (SSSR count). The third kappa shape index (κ3) is 3.56. The molecular weight excluding hydrogens is 403 g/mol. The van der Waals surface area contributed by atoms with E-state index in [-0.39, 0.29) is 12.5 Å². The lowest BCUT2D eigenvalue weighted by atomic mass is 9.93. The summed E-state index contributed by atoms with van der Waals surface area (Å²) < 4.78 is 2.30. The van der Waals surface area contributed by atoms with Gasteiger partial charge in [-0.2, -0.15) is 0 Å². The summed E-state index contributed by atoms with van der Waals surface area (Å²) in [6, 6.07) is 16.5. The SMILES string of the molecule is OCC(Cc1ccc(I)cc1)c1ccccc1Br. The molecule has 1 nitrogen and oxygen atoms in total. The lowest BCUT2D eigenvalue weighted by Gasteiger charge is -2.16. The minimum atomic E-state index is 0.139. The van der Waals surface area contributed by atoms with Crippen LogP contribution in [0.15, 0.2) is 53.0 Å². The Bertz CT molecular complexity index is 510. The Balaban J connectivity index is 2.20. The van der Waals surface area contributed by atoms with E-state index in [1.54, 1.807) is 0 Å². The van der Waals surface area contributed by atoms with Crippen molar-refractivity contribution in [3.63, 3.8) is 0 Å². The minimum Gasteiger partial charge on any atom is -0.396 e. The van der Waals surface area contributed by atoms with E-state index in [4.69, 9.17) is 0 Å². The molecule has 0 radical (unpaired) electrons. The van der Waals surface area contributed by atoms with Crippen LogP contribution in [0.1, 0.15) is 17.0 Å². The van der Waals surface area contributed by atoms with Gasteiger partial charge in [0.05, 0.1) is 6.61 Å². The van der Waals surface area contributed by atoms with Gasteiger partial charge in [0.2, 0.25) is 0 Å². The maximum absolute atomic E-state index is 9.60. The van der Waals surface area contributed by atoms with Gasteiger partial charge in [-0.05, 0) is 58.3 Å². The lowest BCUT2D eigenvalue weighted by molar-refractivity contribution is 0.264. The highest BCUT2D eigenvalue weighted by Gasteiger charge is 2.13. The second-order valence-corrected chi connectivity index (χ2v) is 6.33. The molecule has 2 aromatic rings. The summed E-state index contributed by atoms with van der Waals surface area (Å²) in [5.41, 5.74) is 2.42. The van der Waals surface area contributed by atoms with E-state index in [1.807, 2.05) is 18.2 Å². The predicted octanol–water partition coefficient (Wildman–Crippen LogP) is 4.37. The third-order valence-corrected chi connectivity index (χ3v) is 4.40. The van der Waals surface area contributed by atoms with E-state index in [1.165, 1.54) is 14.7 Å². The molecule has 1 unspecified atom stereocenters. The molecule has 94 valence electrons. The maximum atomic E-state index is 9.60. The summed E-state index contributed by atoms with van der Waals surface area (Å²) in [5, 5.41) is 9.60. The highest BCUT2D eigenvalue weighted by molar-refractivity contribution is 14.1. The minimum absolute atomic E-state index is 0.139. The average Bonchev–Trinajstić information content (AvgIpc) is 2.39. The van der Waals surface area contributed by atoms with Crippen LogP contribution in [0.25, 0.3) is 0 Å². The standard InChI is InChI=1S/C15H14BrIO/c16-15-4-2-1-3-14(15)12(10-18)9-11-5-7-13(17)8-6-11/h1-8,12,18H,9-10H2. The normalized spacial score (nSPS) is 12.4. The van der Waals surface area contributed by atoms with Gasteiger partial charge >= 0.3 is 0 Å². The molecular formula is C15H14BrIO. The summed E-state index contributed by atoms with van der Waals surface area (Å²) in [4.78, 5) is 0. The average molecular weight is 417 g/mol. The van der Waals surface area contributed by atoms with Crippen molar-refractivity contribution in [1.29, 1.82) is 0 Å². The monoisotopic (exact) mass is 416 g/mol. The fourth-order valence-electron chi connectivity index (χ4n) is 1.98. The number of aliphatic hydroxyl groups excluding tert-OH is 1. The molecule has 3 heteroatoms. The molecule has 0 amide bonds. The molecule has 0 aliphatic rings. The first kappa shape index (κ1) is 14.0. The molecule has 0 saturated heterocycles. The van der Waals surface area contributed by atoms with Gasteiger partial charge in [0.15, 0.2) is 0 Å². The first-order chi connectivity index (χ1) is 8.70. The van der Waals surface area contributed by atoms with E-state index < -0.39 is 0 Å². The van der Waals surface area contributed by atoms with Crippen molar-refractivity contribution >= 4 is 38.5 Å². The van der Waals surface area contributed by atoms with Crippen LogP contribution in [0.2, 0.25) is 0 Å². The van der Waals surface area contributed by atoms with Gasteiger partial charge in [-0.1, -0.05) is 46.3 Å². The fourth-order valence-corrected chi connectivity index (χ4v) is 2.95. The number of benzene rings is 2. The number of halogens is 2. The zero-order valence-corrected chi connectivity index (χ0v) is 13.6. The van der Waals surface area contributed by atoms with Crippen LogP contribution >= 0.6 is 38.5 Å². The third-order valence-electron chi connectivity index (χ3n) is 2.96. The zero-order valence-electron chi connectivity index (χ0n) is 9.81. The summed E-state index contributed by atoms with van der Waals surface area (Å²) in [5.74, 6) is 0.139. The highest BCUT2D eigenvalue weighted by Crippen LogP contribution is 2.27. The molecule has 0 heterocycles. The van der Waals surface area contributed by atoms with Crippen molar-refractivity contribution in [1.82, 2.24) is 0 Å². The van der Waals surface area contributed by atoms with Crippen molar-refractivity contribution in [3.05, 3.63) is 67.7 Å². The number of aliphatic hydroxyl groups is 1. The first-order valence-corrected chi connectivity index (χ1v) is 7.67. The van der Waals surface area contributed by atoms with Crippen molar-refractivity contribution in [2.45, 2.75) is 12.3 Å². The molecule has 1 N–H and O–H groups in total. The molecule has 1 atom stereocenters. The van der Waals surface area contributed by atoms with Gasteiger partial charge in [-0.15, -0.1) is 0 Å². The van der Waals surface area contributed by atoms with Crippen LogP contribution in [0.3, 0.4) is 0 Å². The van der Waals surface area contributed by atoms with Gasteiger partial charge in [-0.3, -0.25) is 0 Å². The molecule has 0 bridgehead atoms. The maximum Gasteiger partial charge on any atom is 0.0503 e. The molecule has 0 aromatic heterocycles. The van der Waals surface area contributed by atoms with Crippen molar-refractivity contribution in [2.75, 3.05) is 6.61 Å². The van der Waals surface area contributed by atoms with Gasteiger partial charge in [0.25, 0.3) is 0 Å². The first-order valence-electron chi connectivity index (χ1n) is 5.80. The Kier molecular flexibility index (Phi) is 5.21. The van der Waals surface area contributed by atoms with E-state index >= 15 is 0 Å². The van der Waals surface area contributed by atoms with E-state index in [2.05, 4.69) is 68.9 Å². The molecule has 0 aliphatic carbocycles. The predicted molar refractivity (Wildman–Crippen MR) is 86.8 cm³/mol. The quantitative estimate of drug-likeness (QED) is 0.733. The molecule has 0 fully saturated rings. The Morgan fingerprint density at radius 1 is 1.06 bits per heavy atom. The van der Waals surface area contributed by atoms with E-state index in [9.17, 15) is 5.11 Å². The van der Waals surface area contributed by atoms with Gasteiger partial charge in [-0.25, -0.2) is 0 Å². The van der Waals surface area contributed by atoms with E-state index in [0.717, 1.165) is 10.9 Å². The molecule has 2 aromatic carbocycles. The summed E-state index contributed by atoms with van der Waals surface area (Å²) >= 11 is 5.85. The van der Waals surface area contributed by atoms with Gasteiger partial charge in [0.1, 0.15) is 0 Å². The van der Waals surface area contributed by atoms with Gasteiger partial charge in [0, 0.05) is 14.0 Å². The van der Waals surface area contributed by atoms with Crippen LogP contribution in [-0.4, -0.2) is 11.7 Å². The smallest absolute Gasteiger partial charge is 0.0503 e. The number of rotatable bonds is 4. The summed E-state index contributed by atoms with van der Waals surface area (Å²) in [7, 11) is 0. The fraction of sp³-hybridized carbons (Fsp3) is 0.200. The molecule has 0 aliphatic heterocycles. The Morgan fingerprint density at radius 2 is 1.72 bits per heavy atom. The van der Waals surface area contributed by atoms with Crippen LogP contribution < -0.4 is 0 Å². The summed E-state index contributed by atoms with van der Waals surface area (Å²) in [6.07, 6.45) is 0.857. The van der Waals surface area contributed by atoms with Crippen LogP contribution in [0.4, 0.5) is 0 Å². The van der Waals surface area contributed by atoms with Crippen molar-refractivity contribution in [3.8, 4) is 0 Å². The topological polar surface area (TPSA) is 20.2 Å². The van der Waals surface area contributed by atoms with E-state index in [0.29, 0.717) is 0 Å². The molecule has 18 heavy (non-hydrogen) atoms. The molecule has 0 saturated carbocycles. The molecule has 0 spiro atoms. The number of hydrogen-bond acceptors (Lipinski definition) is 1.